The Hall–Kier alpha value is -3.06. The lowest BCUT2D eigenvalue weighted by atomic mass is 10.1. The van der Waals surface area contributed by atoms with Gasteiger partial charge in [0.1, 0.15) is 23.2 Å². The van der Waals surface area contributed by atoms with Crippen LogP contribution in [0.3, 0.4) is 0 Å². The molecule has 0 N–H and O–H groups in total. The zero-order chi connectivity index (χ0) is 14.8. The fourth-order valence-corrected chi connectivity index (χ4v) is 2.14. The van der Waals surface area contributed by atoms with Crippen molar-refractivity contribution in [2.45, 2.75) is 6.92 Å². The Morgan fingerprint density at radius 2 is 1.95 bits per heavy atom. The van der Waals surface area contributed by atoms with E-state index in [-0.39, 0.29) is 0 Å². The fraction of sp³-hybridized carbons (Fsp3) is 0.0588. The number of nitrogens with zero attached hydrogens (tertiary/aromatic N) is 1. The third-order valence-electron chi connectivity index (χ3n) is 3.16. The summed E-state index contributed by atoms with van der Waals surface area (Å²) in [5, 5.41) is 9.91. The SMILES string of the molecule is Cc1cc(=O)oc2cc(Oc3ccccc3C#N)ccc12. The molecule has 0 saturated carbocycles. The number of para-hydroxylation sites is 1. The van der Waals surface area contributed by atoms with Crippen molar-refractivity contribution in [1.82, 2.24) is 0 Å². The van der Waals surface area contributed by atoms with Crippen molar-refractivity contribution in [3.63, 3.8) is 0 Å². The molecule has 4 heteroatoms. The van der Waals surface area contributed by atoms with Crippen LogP contribution in [-0.2, 0) is 0 Å². The van der Waals surface area contributed by atoms with E-state index in [9.17, 15) is 4.79 Å². The van der Waals surface area contributed by atoms with Gasteiger partial charge in [-0.3, -0.25) is 0 Å². The van der Waals surface area contributed by atoms with E-state index in [0.717, 1.165) is 10.9 Å². The molecule has 0 amide bonds. The number of nitriles is 1. The maximum Gasteiger partial charge on any atom is 0.336 e. The highest BCUT2D eigenvalue weighted by Crippen LogP contribution is 2.28. The minimum atomic E-state index is -0.394. The van der Waals surface area contributed by atoms with Gasteiger partial charge >= 0.3 is 5.63 Å². The van der Waals surface area contributed by atoms with E-state index in [2.05, 4.69) is 6.07 Å². The molecule has 3 rings (SSSR count). The topological polar surface area (TPSA) is 63.2 Å². The van der Waals surface area contributed by atoms with E-state index in [1.54, 1.807) is 36.4 Å². The van der Waals surface area contributed by atoms with Gasteiger partial charge in [-0.15, -0.1) is 0 Å². The van der Waals surface area contributed by atoms with E-state index >= 15 is 0 Å². The van der Waals surface area contributed by atoms with Crippen molar-refractivity contribution in [3.05, 3.63) is 70.1 Å². The summed E-state index contributed by atoms with van der Waals surface area (Å²) in [5.74, 6) is 0.980. The van der Waals surface area contributed by atoms with Gasteiger partial charge in [0.25, 0.3) is 0 Å². The van der Waals surface area contributed by atoms with Gasteiger partial charge in [-0.2, -0.15) is 5.26 Å². The summed E-state index contributed by atoms with van der Waals surface area (Å²) < 4.78 is 10.9. The lowest BCUT2D eigenvalue weighted by Gasteiger charge is -2.08. The molecule has 0 radical (unpaired) electrons. The van der Waals surface area contributed by atoms with Crippen LogP contribution < -0.4 is 10.4 Å². The summed E-state index contributed by atoms with van der Waals surface area (Å²) in [7, 11) is 0. The third-order valence-corrected chi connectivity index (χ3v) is 3.16. The second-order valence-corrected chi connectivity index (χ2v) is 4.62. The summed E-state index contributed by atoms with van der Waals surface area (Å²) in [6.45, 7) is 1.85. The van der Waals surface area contributed by atoms with Gasteiger partial charge in [-0.25, -0.2) is 4.79 Å². The second kappa shape index (κ2) is 5.14. The number of benzene rings is 2. The molecule has 3 aromatic rings. The minimum Gasteiger partial charge on any atom is -0.456 e. The Labute approximate surface area is 120 Å². The average molecular weight is 277 g/mol. The van der Waals surface area contributed by atoms with E-state index in [1.807, 2.05) is 13.0 Å². The Morgan fingerprint density at radius 1 is 1.14 bits per heavy atom. The van der Waals surface area contributed by atoms with E-state index in [0.29, 0.717) is 22.6 Å². The molecule has 0 aliphatic heterocycles. The molecule has 0 fully saturated rings. The standard InChI is InChI=1S/C17H11NO3/c1-11-8-17(19)21-16-9-13(6-7-14(11)16)20-15-5-3-2-4-12(15)10-18/h2-9H,1H3. The van der Waals surface area contributed by atoms with Crippen LogP contribution in [0, 0.1) is 18.3 Å². The van der Waals surface area contributed by atoms with Crippen molar-refractivity contribution >= 4 is 11.0 Å². The highest BCUT2D eigenvalue weighted by atomic mass is 16.5. The van der Waals surface area contributed by atoms with E-state index < -0.39 is 5.63 Å². The summed E-state index contributed by atoms with van der Waals surface area (Å²) >= 11 is 0. The first-order valence-electron chi connectivity index (χ1n) is 6.39. The number of rotatable bonds is 2. The Morgan fingerprint density at radius 3 is 2.76 bits per heavy atom. The van der Waals surface area contributed by atoms with Crippen molar-refractivity contribution < 1.29 is 9.15 Å². The first-order chi connectivity index (χ1) is 10.2. The molecule has 0 aliphatic carbocycles. The highest BCUT2D eigenvalue weighted by Gasteiger charge is 2.07. The van der Waals surface area contributed by atoms with Crippen LogP contribution in [0.4, 0.5) is 0 Å². The first kappa shape index (κ1) is 12.9. The minimum absolute atomic E-state index is 0.394. The van der Waals surface area contributed by atoms with Crippen LogP contribution >= 0.6 is 0 Å². The fourth-order valence-electron chi connectivity index (χ4n) is 2.14. The third kappa shape index (κ3) is 2.49. The van der Waals surface area contributed by atoms with Crippen molar-refractivity contribution in [3.8, 4) is 17.6 Å². The van der Waals surface area contributed by atoms with Crippen LogP contribution in [-0.4, -0.2) is 0 Å². The Kier molecular flexibility index (Phi) is 3.17. The largest absolute Gasteiger partial charge is 0.456 e. The summed E-state index contributed by atoms with van der Waals surface area (Å²) in [6.07, 6.45) is 0. The molecule has 0 unspecified atom stereocenters. The number of hydrogen-bond donors (Lipinski definition) is 0. The molecular weight excluding hydrogens is 266 g/mol. The van der Waals surface area contributed by atoms with Crippen molar-refractivity contribution in [2.24, 2.45) is 0 Å². The molecular formula is C17H11NO3. The molecule has 0 spiro atoms. The smallest absolute Gasteiger partial charge is 0.336 e. The normalized spacial score (nSPS) is 10.3. The predicted molar refractivity (Wildman–Crippen MR) is 78.5 cm³/mol. The van der Waals surface area contributed by atoms with Crippen molar-refractivity contribution in [1.29, 1.82) is 5.26 Å². The molecule has 21 heavy (non-hydrogen) atoms. The van der Waals surface area contributed by atoms with Crippen molar-refractivity contribution in [2.75, 3.05) is 0 Å². The number of hydrogen-bond acceptors (Lipinski definition) is 4. The molecule has 0 bridgehead atoms. The molecule has 0 atom stereocenters. The maximum atomic E-state index is 11.4. The lowest BCUT2D eigenvalue weighted by molar-refractivity contribution is 0.479. The summed E-state index contributed by atoms with van der Waals surface area (Å²) in [5.41, 5.74) is 1.37. The predicted octanol–water partition coefficient (Wildman–Crippen LogP) is 3.77. The summed E-state index contributed by atoms with van der Waals surface area (Å²) in [6, 6.07) is 15.8. The number of fused-ring (bicyclic) bond motifs is 1. The second-order valence-electron chi connectivity index (χ2n) is 4.62. The number of ether oxygens (including phenoxy) is 1. The summed E-state index contributed by atoms with van der Waals surface area (Å²) in [4.78, 5) is 11.4. The molecule has 102 valence electrons. The van der Waals surface area contributed by atoms with Gasteiger partial charge in [-0.05, 0) is 36.8 Å². The van der Waals surface area contributed by atoms with Gasteiger partial charge in [0.15, 0.2) is 0 Å². The van der Waals surface area contributed by atoms with Crippen LogP contribution in [0.5, 0.6) is 11.5 Å². The molecule has 1 aromatic heterocycles. The Bertz CT molecular complexity index is 919. The van der Waals surface area contributed by atoms with Gasteiger partial charge in [0, 0.05) is 17.5 Å². The van der Waals surface area contributed by atoms with Gasteiger partial charge in [0.2, 0.25) is 0 Å². The average Bonchev–Trinajstić information content (AvgIpc) is 2.47. The first-order valence-corrected chi connectivity index (χ1v) is 6.39. The monoisotopic (exact) mass is 277 g/mol. The maximum absolute atomic E-state index is 11.4. The molecule has 1 heterocycles. The zero-order valence-corrected chi connectivity index (χ0v) is 11.3. The van der Waals surface area contributed by atoms with Crippen LogP contribution in [0.2, 0.25) is 0 Å². The van der Waals surface area contributed by atoms with Gasteiger partial charge in [0.05, 0.1) is 5.56 Å². The molecule has 0 saturated heterocycles. The zero-order valence-electron chi connectivity index (χ0n) is 11.3. The molecule has 2 aromatic carbocycles. The van der Waals surface area contributed by atoms with Crippen LogP contribution in [0.25, 0.3) is 11.0 Å². The highest BCUT2D eigenvalue weighted by molar-refractivity contribution is 5.81. The lowest BCUT2D eigenvalue weighted by Crippen LogP contribution is -1.98. The Balaban J connectivity index is 2.06. The van der Waals surface area contributed by atoms with Crippen LogP contribution in [0.1, 0.15) is 11.1 Å². The van der Waals surface area contributed by atoms with Crippen LogP contribution in [0.15, 0.2) is 57.7 Å². The van der Waals surface area contributed by atoms with E-state index in [1.165, 1.54) is 6.07 Å². The number of aryl methyl sites for hydroxylation is 1. The molecule has 4 nitrogen and oxygen atoms in total. The quantitative estimate of drug-likeness (QED) is 0.669. The van der Waals surface area contributed by atoms with Gasteiger partial charge < -0.3 is 9.15 Å². The molecule has 0 aliphatic rings. The van der Waals surface area contributed by atoms with Gasteiger partial charge in [-0.1, -0.05) is 12.1 Å². The van der Waals surface area contributed by atoms with E-state index in [4.69, 9.17) is 14.4 Å².